The third kappa shape index (κ3) is 3.23. The summed E-state index contributed by atoms with van der Waals surface area (Å²) < 4.78 is 2.15. The molecule has 2 heterocycles. The van der Waals surface area contributed by atoms with E-state index in [4.69, 9.17) is 0 Å². The number of aryl methyl sites for hydroxylation is 1. The maximum absolute atomic E-state index is 12.9. The fraction of sp³-hybridized carbons (Fsp3) is 0.500. The van der Waals surface area contributed by atoms with Crippen molar-refractivity contribution in [2.24, 2.45) is 11.8 Å². The number of hydrogen-bond acceptors (Lipinski definition) is 2. The van der Waals surface area contributed by atoms with Gasteiger partial charge in [-0.2, -0.15) is 0 Å². The van der Waals surface area contributed by atoms with Crippen molar-refractivity contribution in [2.75, 3.05) is 13.1 Å². The van der Waals surface area contributed by atoms with E-state index in [0.717, 1.165) is 51.7 Å². The monoisotopic (exact) mass is 323 g/mol. The van der Waals surface area contributed by atoms with Gasteiger partial charge in [0.05, 0.1) is 6.33 Å². The minimum absolute atomic E-state index is 0.185. The van der Waals surface area contributed by atoms with Crippen molar-refractivity contribution >= 4 is 5.91 Å². The highest BCUT2D eigenvalue weighted by Crippen LogP contribution is 2.28. The van der Waals surface area contributed by atoms with Crippen LogP contribution in [-0.2, 0) is 24.2 Å². The van der Waals surface area contributed by atoms with E-state index in [2.05, 4.69) is 38.7 Å². The molecule has 126 valence electrons. The van der Waals surface area contributed by atoms with Gasteiger partial charge in [-0.1, -0.05) is 24.3 Å². The Morgan fingerprint density at radius 1 is 1.12 bits per heavy atom. The molecule has 1 aromatic carbocycles. The Labute approximate surface area is 143 Å². The summed E-state index contributed by atoms with van der Waals surface area (Å²) in [5.74, 6) is 1.23. The van der Waals surface area contributed by atoms with Gasteiger partial charge in [0.1, 0.15) is 0 Å². The second-order valence-corrected chi connectivity index (χ2v) is 7.24. The molecule has 4 rings (SSSR count). The lowest BCUT2D eigenvalue weighted by Crippen LogP contribution is -2.43. The van der Waals surface area contributed by atoms with E-state index in [-0.39, 0.29) is 5.92 Å². The van der Waals surface area contributed by atoms with Crippen molar-refractivity contribution < 1.29 is 4.79 Å². The number of likely N-dealkylation sites (tertiary alicyclic amines) is 1. The normalized spacial score (nSPS) is 21.5. The molecule has 1 aliphatic heterocycles. The third-order valence-corrected chi connectivity index (χ3v) is 5.65. The molecule has 0 spiro atoms. The summed E-state index contributed by atoms with van der Waals surface area (Å²) in [6, 6.07) is 8.59. The second kappa shape index (κ2) is 6.80. The lowest BCUT2D eigenvalue weighted by molar-refractivity contribution is -0.137. The summed E-state index contributed by atoms with van der Waals surface area (Å²) in [6.07, 6.45) is 10.9. The van der Waals surface area contributed by atoms with Crippen LogP contribution in [0.2, 0.25) is 0 Å². The minimum atomic E-state index is 0.185. The molecule has 1 amide bonds. The molecule has 1 fully saturated rings. The molecular weight excluding hydrogens is 298 g/mol. The highest BCUT2D eigenvalue weighted by atomic mass is 16.2. The minimum Gasteiger partial charge on any atom is -0.342 e. The Kier molecular flexibility index (Phi) is 4.37. The first-order valence-corrected chi connectivity index (χ1v) is 9.11. The maximum Gasteiger partial charge on any atom is 0.226 e. The van der Waals surface area contributed by atoms with Crippen LogP contribution in [0.25, 0.3) is 0 Å². The molecule has 0 saturated carbocycles. The van der Waals surface area contributed by atoms with E-state index in [9.17, 15) is 4.79 Å². The van der Waals surface area contributed by atoms with Crippen LogP contribution in [-0.4, -0.2) is 33.4 Å². The smallest absolute Gasteiger partial charge is 0.226 e. The largest absolute Gasteiger partial charge is 0.342 e. The second-order valence-electron chi connectivity index (χ2n) is 7.24. The summed E-state index contributed by atoms with van der Waals surface area (Å²) in [5, 5.41) is 0. The Morgan fingerprint density at radius 3 is 2.67 bits per heavy atom. The van der Waals surface area contributed by atoms with Gasteiger partial charge in [0.15, 0.2) is 0 Å². The van der Waals surface area contributed by atoms with Crippen LogP contribution in [0.4, 0.5) is 0 Å². The molecule has 0 radical (unpaired) electrons. The summed E-state index contributed by atoms with van der Waals surface area (Å²) >= 11 is 0. The van der Waals surface area contributed by atoms with E-state index < -0.39 is 0 Å². The molecule has 4 heteroatoms. The first-order valence-electron chi connectivity index (χ1n) is 9.11. The predicted molar refractivity (Wildman–Crippen MR) is 93.5 cm³/mol. The molecule has 2 aliphatic rings. The number of aromatic nitrogens is 2. The van der Waals surface area contributed by atoms with Gasteiger partial charge < -0.3 is 9.47 Å². The van der Waals surface area contributed by atoms with Gasteiger partial charge in [0.25, 0.3) is 0 Å². The van der Waals surface area contributed by atoms with Crippen LogP contribution in [0, 0.1) is 11.8 Å². The zero-order valence-corrected chi connectivity index (χ0v) is 14.1. The van der Waals surface area contributed by atoms with Crippen molar-refractivity contribution in [3.63, 3.8) is 0 Å². The van der Waals surface area contributed by atoms with Gasteiger partial charge in [0, 0.05) is 37.9 Å². The van der Waals surface area contributed by atoms with Crippen LogP contribution in [0.15, 0.2) is 43.0 Å². The molecular formula is C20H25N3O. The molecule has 4 nitrogen and oxygen atoms in total. The average Bonchev–Trinajstić information content (AvgIpc) is 3.14. The Bertz CT molecular complexity index is 687. The molecule has 1 unspecified atom stereocenters. The summed E-state index contributed by atoms with van der Waals surface area (Å²) in [5.41, 5.74) is 2.80. The Balaban J connectivity index is 1.32. The molecule has 1 aromatic heterocycles. The summed E-state index contributed by atoms with van der Waals surface area (Å²) in [6.45, 7) is 2.85. The molecule has 1 atom stereocenters. The van der Waals surface area contributed by atoms with Gasteiger partial charge in [0.2, 0.25) is 5.91 Å². The Morgan fingerprint density at radius 2 is 1.92 bits per heavy atom. The van der Waals surface area contributed by atoms with Crippen molar-refractivity contribution in [3.8, 4) is 0 Å². The van der Waals surface area contributed by atoms with Gasteiger partial charge in [-0.05, 0) is 49.1 Å². The number of rotatable bonds is 3. The first kappa shape index (κ1) is 15.4. The van der Waals surface area contributed by atoms with Crippen LogP contribution >= 0.6 is 0 Å². The third-order valence-electron chi connectivity index (χ3n) is 5.65. The number of benzene rings is 1. The number of imidazole rings is 1. The first-order chi connectivity index (χ1) is 11.8. The SMILES string of the molecule is O=C(C1CCc2ccccc2C1)N1CCC(Cn2ccnc2)CC1. The van der Waals surface area contributed by atoms with E-state index >= 15 is 0 Å². The van der Waals surface area contributed by atoms with E-state index in [1.807, 2.05) is 18.7 Å². The standard InChI is InChI=1S/C20H25N3O/c24-20(19-6-5-17-3-1-2-4-18(17)13-19)23-10-7-16(8-11-23)14-22-12-9-21-15-22/h1-4,9,12,15-16,19H,5-8,10-11,13-14H2. The van der Waals surface area contributed by atoms with Crippen LogP contribution in [0.3, 0.4) is 0 Å². The van der Waals surface area contributed by atoms with Crippen LogP contribution in [0.5, 0.6) is 0 Å². The number of nitrogens with zero attached hydrogens (tertiary/aromatic N) is 3. The lowest BCUT2D eigenvalue weighted by Gasteiger charge is -2.35. The van der Waals surface area contributed by atoms with Crippen LogP contribution in [0.1, 0.15) is 30.4 Å². The molecule has 24 heavy (non-hydrogen) atoms. The van der Waals surface area contributed by atoms with Crippen molar-refractivity contribution in [3.05, 3.63) is 54.1 Å². The van der Waals surface area contributed by atoms with Gasteiger partial charge >= 0.3 is 0 Å². The van der Waals surface area contributed by atoms with Gasteiger partial charge in [-0.3, -0.25) is 4.79 Å². The summed E-state index contributed by atoms with van der Waals surface area (Å²) in [4.78, 5) is 19.1. The van der Waals surface area contributed by atoms with Gasteiger partial charge in [-0.25, -0.2) is 4.98 Å². The highest BCUT2D eigenvalue weighted by Gasteiger charge is 2.30. The molecule has 2 aromatic rings. The summed E-state index contributed by atoms with van der Waals surface area (Å²) in [7, 11) is 0. The van der Waals surface area contributed by atoms with Crippen molar-refractivity contribution in [1.82, 2.24) is 14.5 Å². The lowest BCUT2D eigenvalue weighted by atomic mass is 9.82. The molecule has 1 saturated heterocycles. The number of amides is 1. The number of carbonyl (C=O) groups excluding carboxylic acids is 1. The van der Waals surface area contributed by atoms with E-state index in [1.54, 1.807) is 0 Å². The topological polar surface area (TPSA) is 38.1 Å². The fourth-order valence-corrected chi connectivity index (χ4v) is 4.20. The zero-order chi connectivity index (χ0) is 16.4. The van der Waals surface area contributed by atoms with Crippen molar-refractivity contribution in [1.29, 1.82) is 0 Å². The quantitative estimate of drug-likeness (QED) is 0.871. The van der Waals surface area contributed by atoms with Crippen LogP contribution < -0.4 is 0 Å². The van der Waals surface area contributed by atoms with E-state index in [0.29, 0.717) is 11.8 Å². The molecule has 0 bridgehead atoms. The number of carbonyl (C=O) groups is 1. The highest BCUT2D eigenvalue weighted by molar-refractivity contribution is 5.79. The molecule has 1 aliphatic carbocycles. The maximum atomic E-state index is 12.9. The van der Waals surface area contributed by atoms with Crippen molar-refractivity contribution in [2.45, 2.75) is 38.6 Å². The number of hydrogen-bond donors (Lipinski definition) is 0. The zero-order valence-electron chi connectivity index (χ0n) is 14.1. The van der Waals surface area contributed by atoms with Gasteiger partial charge in [-0.15, -0.1) is 0 Å². The number of fused-ring (bicyclic) bond motifs is 1. The fourth-order valence-electron chi connectivity index (χ4n) is 4.20. The van der Waals surface area contributed by atoms with E-state index in [1.165, 1.54) is 11.1 Å². The molecule has 0 N–H and O–H groups in total. The average molecular weight is 323 g/mol. The predicted octanol–water partition coefficient (Wildman–Crippen LogP) is 2.93. The number of piperidine rings is 1. The Hall–Kier alpha value is -2.10.